The van der Waals surface area contributed by atoms with Crippen LogP contribution in [0.3, 0.4) is 0 Å². The van der Waals surface area contributed by atoms with Gasteiger partial charge < -0.3 is 25.2 Å². The van der Waals surface area contributed by atoms with Crippen LogP contribution in [0.15, 0.2) is 0 Å². The van der Waals surface area contributed by atoms with E-state index in [4.69, 9.17) is 14.9 Å². The lowest BCUT2D eigenvalue weighted by Crippen LogP contribution is -2.50. The van der Waals surface area contributed by atoms with Crippen LogP contribution in [0.2, 0.25) is 0 Å². The van der Waals surface area contributed by atoms with Crippen LogP contribution in [-0.2, 0) is 19.0 Å². The highest BCUT2D eigenvalue weighted by atomic mass is 32.2. The molecule has 16 heavy (non-hydrogen) atoms. The van der Waals surface area contributed by atoms with E-state index in [9.17, 15) is 18.6 Å². The third kappa shape index (κ3) is 2.69. The molecular formula is C7H14O8S. The number of hydrogen-bond acceptors (Lipinski definition) is 8. The zero-order valence-corrected chi connectivity index (χ0v) is 9.29. The molecule has 4 atom stereocenters. The Kier molecular flexibility index (Phi) is 3.90. The lowest BCUT2D eigenvalue weighted by atomic mass is 9.97. The molecule has 0 spiro atoms. The maximum absolute atomic E-state index is 10.7. The van der Waals surface area contributed by atoms with Crippen molar-refractivity contribution < 1.29 is 37.8 Å². The van der Waals surface area contributed by atoms with E-state index in [1.165, 1.54) is 0 Å². The summed E-state index contributed by atoms with van der Waals surface area (Å²) in [7, 11) is -3.78. The Morgan fingerprint density at radius 2 is 1.94 bits per heavy atom. The second-order valence-corrected chi connectivity index (χ2v) is 5.28. The summed E-state index contributed by atoms with van der Waals surface area (Å²) in [6.07, 6.45) is -4.19. The molecule has 0 bridgehead atoms. The monoisotopic (exact) mass is 258 g/mol. The van der Waals surface area contributed by atoms with Crippen LogP contribution in [0.5, 0.6) is 0 Å². The predicted molar refractivity (Wildman–Crippen MR) is 49.7 cm³/mol. The van der Waals surface area contributed by atoms with Gasteiger partial charge in [0.05, 0.1) is 12.9 Å². The average molecular weight is 258 g/mol. The molecule has 1 fully saturated rings. The van der Waals surface area contributed by atoms with Gasteiger partial charge in [-0.05, 0) is 0 Å². The van der Waals surface area contributed by atoms with Crippen molar-refractivity contribution in [1.29, 1.82) is 0 Å². The highest BCUT2D eigenvalue weighted by Crippen LogP contribution is 2.30. The molecule has 1 heterocycles. The van der Waals surface area contributed by atoms with E-state index in [0.29, 0.717) is 0 Å². The van der Waals surface area contributed by atoms with Gasteiger partial charge in [-0.1, -0.05) is 0 Å². The summed E-state index contributed by atoms with van der Waals surface area (Å²) in [4.78, 5) is 0. The van der Waals surface area contributed by atoms with E-state index >= 15 is 0 Å². The van der Waals surface area contributed by atoms with Crippen molar-refractivity contribution in [2.24, 2.45) is 0 Å². The second-order valence-electron chi connectivity index (χ2n) is 3.63. The van der Waals surface area contributed by atoms with Crippen molar-refractivity contribution in [1.82, 2.24) is 0 Å². The second kappa shape index (κ2) is 4.53. The summed E-state index contributed by atoms with van der Waals surface area (Å²) in [5.41, 5.74) is -1.85. The van der Waals surface area contributed by atoms with Gasteiger partial charge in [-0.25, -0.2) is 0 Å². The van der Waals surface area contributed by atoms with Gasteiger partial charge in [-0.2, -0.15) is 8.42 Å². The molecule has 1 saturated heterocycles. The highest BCUT2D eigenvalue weighted by Gasteiger charge is 2.54. The molecular weight excluding hydrogens is 244 g/mol. The highest BCUT2D eigenvalue weighted by molar-refractivity contribution is 7.85. The minimum Gasteiger partial charge on any atom is -0.393 e. The predicted octanol–water partition coefficient (Wildman–Crippen LogP) is -3.24. The van der Waals surface area contributed by atoms with Crippen molar-refractivity contribution in [2.75, 3.05) is 19.5 Å². The van der Waals surface area contributed by atoms with Crippen LogP contribution in [-0.4, -0.2) is 72.4 Å². The molecule has 0 saturated carbocycles. The summed E-state index contributed by atoms with van der Waals surface area (Å²) in [5.74, 6) is 0. The van der Waals surface area contributed by atoms with Crippen molar-refractivity contribution in [3.63, 3.8) is 0 Å². The topological polar surface area (TPSA) is 134 Å². The lowest BCUT2D eigenvalue weighted by molar-refractivity contribution is -0.184. The molecule has 1 rings (SSSR count). The van der Waals surface area contributed by atoms with Crippen molar-refractivity contribution in [3.8, 4) is 0 Å². The van der Waals surface area contributed by atoms with Crippen LogP contribution in [0.25, 0.3) is 0 Å². The molecule has 0 aromatic heterocycles. The SMILES string of the molecule is CS(=O)(=O)OC[C@]1(CO)OC(O)[C@H](O)[C@H]1O. The molecule has 0 aromatic carbocycles. The maximum Gasteiger partial charge on any atom is 0.264 e. The Labute approximate surface area is 92.2 Å². The molecule has 96 valence electrons. The quantitative estimate of drug-likeness (QED) is 0.387. The molecule has 1 unspecified atom stereocenters. The van der Waals surface area contributed by atoms with Gasteiger partial charge in [0.2, 0.25) is 0 Å². The Morgan fingerprint density at radius 1 is 1.38 bits per heavy atom. The largest absolute Gasteiger partial charge is 0.393 e. The molecule has 1 aliphatic heterocycles. The van der Waals surface area contributed by atoms with Crippen LogP contribution in [0.1, 0.15) is 0 Å². The van der Waals surface area contributed by atoms with Gasteiger partial charge in [0.25, 0.3) is 10.1 Å². The van der Waals surface area contributed by atoms with Gasteiger partial charge in [-0.3, -0.25) is 4.18 Å². The molecule has 4 N–H and O–H groups in total. The van der Waals surface area contributed by atoms with E-state index in [1.807, 2.05) is 0 Å². The van der Waals surface area contributed by atoms with Crippen molar-refractivity contribution in [2.45, 2.75) is 24.1 Å². The first-order chi connectivity index (χ1) is 7.22. The minimum absolute atomic E-state index is 0.697. The molecule has 9 heteroatoms. The van der Waals surface area contributed by atoms with E-state index in [1.54, 1.807) is 0 Å². The molecule has 8 nitrogen and oxygen atoms in total. The van der Waals surface area contributed by atoms with E-state index < -0.39 is 47.4 Å². The number of hydrogen-bond donors (Lipinski definition) is 4. The molecule has 0 aromatic rings. The zero-order valence-electron chi connectivity index (χ0n) is 8.48. The number of aliphatic hydroxyl groups excluding tert-OH is 4. The summed E-state index contributed by atoms with van der Waals surface area (Å²) in [6.45, 7) is -1.50. The maximum atomic E-state index is 10.7. The summed E-state index contributed by atoms with van der Waals surface area (Å²) < 4.78 is 30.6. The minimum atomic E-state index is -3.78. The first-order valence-corrected chi connectivity index (χ1v) is 6.21. The third-order valence-electron chi connectivity index (χ3n) is 2.30. The van der Waals surface area contributed by atoms with Crippen LogP contribution in [0, 0.1) is 0 Å². The molecule has 1 aliphatic rings. The fraction of sp³-hybridized carbons (Fsp3) is 1.00. The number of rotatable bonds is 4. The fourth-order valence-corrected chi connectivity index (χ4v) is 1.76. The van der Waals surface area contributed by atoms with Gasteiger partial charge in [0.15, 0.2) is 6.29 Å². The zero-order chi connectivity index (χ0) is 12.6. The van der Waals surface area contributed by atoms with Crippen LogP contribution in [0.4, 0.5) is 0 Å². The smallest absolute Gasteiger partial charge is 0.264 e. The van der Waals surface area contributed by atoms with E-state index in [2.05, 4.69) is 4.18 Å². The first-order valence-electron chi connectivity index (χ1n) is 4.39. The summed E-state index contributed by atoms with van der Waals surface area (Å²) >= 11 is 0. The molecule has 0 radical (unpaired) electrons. The molecule has 0 aliphatic carbocycles. The van der Waals surface area contributed by atoms with E-state index in [0.717, 1.165) is 6.26 Å². The summed E-state index contributed by atoms with van der Waals surface area (Å²) in [5, 5.41) is 36.9. The fourth-order valence-electron chi connectivity index (χ4n) is 1.35. The lowest BCUT2D eigenvalue weighted by Gasteiger charge is -2.28. The van der Waals surface area contributed by atoms with Crippen molar-refractivity contribution in [3.05, 3.63) is 0 Å². The Morgan fingerprint density at radius 3 is 2.25 bits per heavy atom. The van der Waals surface area contributed by atoms with Gasteiger partial charge in [0, 0.05) is 0 Å². The van der Waals surface area contributed by atoms with Gasteiger partial charge >= 0.3 is 0 Å². The third-order valence-corrected chi connectivity index (χ3v) is 2.84. The average Bonchev–Trinajstić information content (AvgIpc) is 2.40. The van der Waals surface area contributed by atoms with E-state index in [-0.39, 0.29) is 0 Å². The van der Waals surface area contributed by atoms with Crippen LogP contribution >= 0.6 is 0 Å². The normalized spacial score (nSPS) is 40.2. The molecule has 0 amide bonds. The standard InChI is InChI=1S/C7H14O8S/c1-16(12,13)14-3-7(2-8)5(10)4(9)6(11)15-7/h4-6,8-11H,2-3H2,1H3/t4-,5-,6?,7+/m1/s1. The van der Waals surface area contributed by atoms with Gasteiger partial charge in [-0.15, -0.1) is 0 Å². The Hall–Kier alpha value is -0.290. The Balaban J connectivity index is 2.79. The first kappa shape index (κ1) is 13.8. The van der Waals surface area contributed by atoms with Crippen molar-refractivity contribution >= 4 is 10.1 Å². The number of aliphatic hydroxyl groups is 4. The van der Waals surface area contributed by atoms with Gasteiger partial charge in [0.1, 0.15) is 24.4 Å². The number of ether oxygens (including phenoxy) is 1. The van der Waals surface area contributed by atoms with Crippen LogP contribution < -0.4 is 0 Å². The Bertz CT molecular complexity index is 340. The summed E-state index contributed by atoms with van der Waals surface area (Å²) in [6, 6.07) is 0.